The largest absolute Gasteiger partial charge is 0.404 e. The van der Waals surface area contributed by atoms with Crippen LogP contribution in [0, 0.1) is 12.3 Å². The number of carbonyl (C=O) groups is 1. The first kappa shape index (κ1) is 14.8. The van der Waals surface area contributed by atoms with Gasteiger partial charge in [-0.15, -0.1) is 0 Å². The number of nitrogens with one attached hydrogen (secondary N) is 2. The van der Waals surface area contributed by atoms with Gasteiger partial charge in [0.25, 0.3) is 0 Å². The summed E-state index contributed by atoms with van der Waals surface area (Å²) >= 11 is 0. The monoisotopic (exact) mass is 286 g/mol. The van der Waals surface area contributed by atoms with E-state index in [9.17, 15) is 18.0 Å². The summed E-state index contributed by atoms with van der Waals surface area (Å²) in [5.74, 6) is -0.949. The molecular formula is C14H17F3N2O. The highest BCUT2D eigenvalue weighted by molar-refractivity contribution is 5.84. The van der Waals surface area contributed by atoms with Crippen LogP contribution < -0.4 is 10.6 Å². The maximum absolute atomic E-state index is 13.1. The molecule has 0 saturated carbocycles. The van der Waals surface area contributed by atoms with Gasteiger partial charge in [0.2, 0.25) is 5.91 Å². The molecule has 1 aliphatic rings. The molecule has 1 unspecified atom stereocenters. The van der Waals surface area contributed by atoms with Crippen molar-refractivity contribution >= 4 is 5.91 Å². The van der Waals surface area contributed by atoms with Crippen LogP contribution in [0.4, 0.5) is 13.2 Å². The average Bonchev–Trinajstić information content (AvgIpc) is 2.88. The van der Waals surface area contributed by atoms with Crippen molar-refractivity contribution in [2.75, 3.05) is 13.1 Å². The lowest BCUT2D eigenvalue weighted by molar-refractivity contribution is -0.216. The molecule has 1 saturated heterocycles. The molecule has 0 aromatic heterocycles. The first-order chi connectivity index (χ1) is 9.35. The first-order valence-electron chi connectivity index (χ1n) is 6.46. The highest BCUT2D eigenvalue weighted by Gasteiger charge is 2.61. The average molecular weight is 286 g/mol. The predicted octanol–water partition coefficient (Wildman–Crippen LogP) is 2.15. The number of carbonyl (C=O) groups excluding carboxylic acids is 1. The summed E-state index contributed by atoms with van der Waals surface area (Å²) in [6, 6.07) is 7.31. The second kappa shape index (κ2) is 5.44. The zero-order chi connectivity index (χ0) is 14.8. The third-order valence-corrected chi connectivity index (χ3v) is 3.71. The van der Waals surface area contributed by atoms with Crippen molar-refractivity contribution in [1.29, 1.82) is 0 Å². The fraction of sp³-hybridized carbons (Fsp3) is 0.500. The highest BCUT2D eigenvalue weighted by atomic mass is 19.4. The first-order valence-corrected chi connectivity index (χ1v) is 6.46. The van der Waals surface area contributed by atoms with Crippen LogP contribution in [-0.4, -0.2) is 25.2 Å². The van der Waals surface area contributed by atoms with Gasteiger partial charge in [-0.25, -0.2) is 0 Å². The van der Waals surface area contributed by atoms with Gasteiger partial charge < -0.3 is 10.6 Å². The topological polar surface area (TPSA) is 41.1 Å². The standard InChI is InChI=1S/C14H17F3N2O/c1-10-2-4-11(5-3-10)8-19-12(20)13(14(15,16)17)6-7-18-9-13/h2-5,18H,6-9H2,1H3,(H,19,20). The SMILES string of the molecule is Cc1ccc(CNC(=O)C2(C(F)(F)F)CCNC2)cc1. The zero-order valence-corrected chi connectivity index (χ0v) is 11.2. The van der Waals surface area contributed by atoms with Gasteiger partial charge >= 0.3 is 6.18 Å². The van der Waals surface area contributed by atoms with E-state index in [2.05, 4.69) is 10.6 Å². The van der Waals surface area contributed by atoms with Gasteiger partial charge in [0.1, 0.15) is 0 Å². The van der Waals surface area contributed by atoms with Crippen LogP contribution in [-0.2, 0) is 11.3 Å². The molecule has 0 bridgehead atoms. The Morgan fingerprint density at radius 2 is 2.00 bits per heavy atom. The van der Waals surface area contributed by atoms with Gasteiger partial charge in [0.05, 0.1) is 0 Å². The second-order valence-corrected chi connectivity index (χ2v) is 5.17. The van der Waals surface area contributed by atoms with Crippen molar-refractivity contribution in [2.45, 2.75) is 26.1 Å². The molecule has 0 radical (unpaired) electrons. The molecule has 1 fully saturated rings. The minimum atomic E-state index is -4.53. The molecule has 6 heteroatoms. The van der Waals surface area contributed by atoms with Gasteiger partial charge in [-0.1, -0.05) is 29.8 Å². The molecular weight excluding hydrogens is 269 g/mol. The Morgan fingerprint density at radius 1 is 1.35 bits per heavy atom. The van der Waals surface area contributed by atoms with Crippen molar-refractivity contribution in [3.05, 3.63) is 35.4 Å². The van der Waals surface area contributed by atoms with Crippen LogP contribution in [0.5, 0.6) is 0 Å². The smallest absolute Gasteiger partial charge is 0.351 e. The Kier molecular flexibility index (Phi) is 4.04. The molecule has 1 atom stereocenters. The fourth-order valence-corrected chi connectivity index (χ4v) is 2.31. The van der Waals surface area contributed by atoms with Crippen molar-refractivity contribution in [1.82, 2.24) is 10.6 Å². The zero-order valence-electron chi connectivity index (χ0n) is 11.2. The Balaban J connectivity index is 2.05. The third kappa shape index (κ3) is 2.80. The maximum atomic E-state index is 13.1. The van der Waals surface area contributed by atoms with Crippen molar-refractivity contribution in [3.8, 4) is 0 Å². The van der Waals surface area contributed by atoms with Gasteiger partial charge in [-0.05, 0) is 25.5 Å². The summed E-state index contributed by atoms with van der Waals surface area (Å²) in [6.07, 6.45) is -4.75. The number of benzene rings is 1. The fourth-order valence-electron chi connectivity index (χ4n) is 2.31. The lowest BCUT2D eigenvalue weighted by Gasteiger charge is -2.29. The number of alkyl halides is 3. The van der Waals surface area contributed by atoms with Gasteiger partial charge in [0.15, 0.2) is 5.41 Å². The quantitative estimate of drug-likeness (QED) is 0.894. The van der Waals surface area contributed by atoms with E-state index in [-0.39, 0.29) is 26.1 Å². The molecule has 0 aliphatic carbocycles. The van der Waals surface area contributed by atoms with Crippen LogP contribution in [0.1, 0.15) is 17.5 Å². The van der Waals surface area contributed by atoms with E-state index < -0.39 is 17.5 Å². The number of halogens is 3. The van der Waals surface area contributed by atoms with Gasteiger partial charge in [0, 0.05) is 13.1 Å². The molecule has 1 aromatic carbocycles. The Morgan fingerprint density at radius 3 is 2.50 bits per heavy atom. The van der Waals surface area contributed by atoms with E-state index in [1.807, 2.05) is 19.1 Å². The van der Waals surface area contributed by atoms with E-state index in [1.54, 1.807) is 12.1 Å². The van der Waals surface area contributed by atoms with E-state index in [1.165, 1.54) is 0 Å². The van der Waals surface area contributed by atoms with E-state index >= 15 is 0 Å². The second-order valence-electron chi connectivity index (χ2n) is 5.17. The summed E-state index contributed by atoms with van der Waals surface area (Å²) in [7, 11) is 0. The molecule has 2 N–H and O–H groups in total. The number of aryl methyl sites for hydroxylation is 1. The summed E-state index contributed by atoms with van der Waals surface area (Å²) in [5.41, 5.74) is -0.448. The lowest BCUT2D eigenvalue weighted by atomic mass is 9.85. The molecule has 1 amide bonds. The summed E-state index contributed by atoms with van der Waals surface area (Å²) in [5, 5.41) is 5.03. The van der Waals surface area contributed by atoms with E-state index in [0.29, 0.717) is 0 Å². The molecule has 110 valence electrons. The lowest BCUT2D eigenvalue weighted by Crippen LogP contribution is -2.52. The van der Waals surface area contributed by atoms with Crippen molar-refractivity contribution in [2.24, 2.45) is 5.41 Å². The third-order valence-electron chi connectivity index (χ3n) is 3.71. The van der Waals surface area contributed by atoms with Crippen LogP contribution in [0.15, 0.2) is 24.3 Å². The molecule has 1 aliphatic heterocycles. The van der Waals surface area contributed by atoms with Crippen molar-refractivity contribution < 1.29 is 18.0 Å². The molecule has 20 heavy (non-hydrogen) atoms. The maximum Gasteiger partial charge on any atom is 0.404 e. The molecule has 1 aromatic rings. The number of hydrogen-bond donors (Lipinski definition) is 2. The Hall–Kier alpha value is -1.56. The van der Waals surface area contributed by atoms with Crippen molar-refractivity contribution in [3.63, 3.8) is 0 Å². The Labute approximate surface area is 115 Å². The van der Waals surface area contributed by atoms with Crippen LogP contribution in [0.25, 0.3) is 0 Å². The molecule has 1 heterocycles. The molecule has 0 spiro atoms. The van der Waals surface area contributed by atoms with E-state index in [4.69, 9.17) is 0 Å². The summed E-state index contributed by atoms with van der Waals surface area (Å²) in [6.45, 7) is 1.88. The van der Waals surface area contributed by atoms with Gasteiger partial charge in [-0.2, -0.15) is 13.2 Å². The normalized spacial score (nSPS) is 22.8. The number of amides is 1. The number of hydrogen-bond acceptors (Lipinski definition) is 2. The summed E-state index contributed by atoms with van der Waals surface area (Å²) in [4.78, 5) is 12.0. The Bertz CT molecular complexity index is 476. The molecule has 2 rings (SSSR count). The van der Waals surface area contributed by atoms with Crippen LogP contribution in [0.3, 0.4) is 0 Å². The predicted molar refractivity (Wildman–Crippen MR) is 69.0 cm³/mol. The van der Waals surface area contributed by atoms with E-state index in [0.717, 1.165) is 11.1 Å². The minimum Gasteiger partial charge on any atom is -0.351 e. The van der Waals surface area contributed by atoms with Crippen LogP contribution >= 0.6 is 0 Å². The van der Waals surface area contributed by atoms with Gasteiger partial charge in [-0.3, -0.25) is 4.79 Å². The molecule has 3 nitrogen and oxygen atoms in total. The highest BCUT2D eigenvalue weighted by Crippen LogP contribution is 2.43. The van der Waals surface area contributed by atoms with Crippen LogP contribution in [0.2, 0.25) is 0 Å². The minimum absolute atomic E-state index is 0.108. The number of rotatable bonds is 3. The summed E-state index contributed by atoms with van der Waals surface area (Å²) < 4.78 is 39.4.